The number of anilines is 2. The van der Waals surface area contributed by atoms with Crippen LogP contribution in [-0.2, 0) is 4.79 Å². The number of hydrogen-bond acceptors (Lipinski definition) is 6. The lowest BCUT2D eigenvalue weighted by atomic mass is 9.96. The first kappa shape index (κ1) is 18.3. The monoisotopic (exact) mass is 440 g/mol. The first-order chi connectivity index (χ1) is 13.7. The van der Waals surface area contributed by atoms with Crippen molar-refractivity contribution >= 4 is 33.4 Å². The SMILES string of the molecule is N#Cc1nc(-c2ccco2)oc1N1CCC(C(=O)Nc2ccccc2Br)CC1. The van der Waals surface area contributed by atoms with E-state index in [4.69, 9.17) is 8.83 Å². The van der Waals surface area contributed by atoms with Gasteiger partial charge >= 0.3 is 0 Å². The predicted molar refractivity (Wildman–Crippen MR) is 107 cm³/mol. The highest BCUT2D eigenvalue weighted by molar-refractivity contribution is 9.10. The van der Waals surface area contributed by atoms with Crippen LogP contribution in [0.5, 0.6) is 0 Å². The highest BCUT2D eigenvalue weighted by atomic mass is 79.9. The van der Waals surface area contributed by atoms with E-state index in [2.05, 4.69) is 32.3 Å². The molecule has 0 radical (unpaired) electrons. The van der Waals surface area contributed by atoms with Crippen LogP contribution >= 0.6 is 15.9 Å². The fraction of sp³-hybridized carbons (Fsp3) is 0.250. The molecule has 0 saturated carbocycles. The standard InChI is InChI=1S/C20H17BrN4O3/c21-14-4-1-2-5-15(14)23-18(26)13-7-9-25(10-8-13)20-16(12-22)24-19(28-20)17-6-3-11-27-17/h1-6,11,13H,7-10H2,(H,23,26). The lowest BCUT2D eigenvalue weighted by molar-refractivity contribution is -0.120. The number of nitrogens with zero attached hydrogens (tertiary/aromatic N) is 3. The maximum atomic E-state index is 12.6. The Morgan fingerprint density at radius 1 is 1.25 bits per heavy atom. The van der Waals surface area contributed by atoms with Crippen molar-refractivity contribution in [2.75, 3.05) is 23.3 Å². The number of halogens is 1. The van der Waals surface area contributed by atoms with Gasteiger partial charge in [0.2, 0.25) is 17.5 Å². The van der Waals surface area contributed by atoms with Gasteiger partial charge in [0.1, 0.15) is 6.07 Å². The van der Waals surface area contributed by atoms with Crippen LogP contribution in [0.2, 0.25) is 0 Å². The first-order valence-electron chi connectivity index (χ1n) is 8.91. The van der Waals surface area contributed by atoms with Gasteiger partial charge in [-0.1, -0.05) is 12.1 Å². The summed E-state index contributed by atoms with van der Waals surface area (Å²) in [6.07, 6.45) is 2.86. The van der Waals surface area contributed by atoms with Crippen molar-refractivity contribution < 1.29 is 13.6 Å². The molecule has 1 aliphatic heterocycles. The Balaban J connectivity index is 1.42. The number of oxazole rings is 1. The number of amides is 1. The van der Waals surface area contributed by atoms with Crippen molar-refractivity contribution in [1.29, 1.82) is 5.26 Å². The van der Waals surface area contributed by atoms with Crippen LogP contribution in [0.4, 0.5) is 11.6 Å². The molecule has 1 saturated heterocycles. The number of carbonyl (C=O) groups is 1. The maximum Gasteiger partial charge on any atom is 0.266 e. The number of carbonyl (C=O) groups excluding carboxylic acids is 1. The summed E-state index contributed by atoms with van der Waals surface area (Å²) in [7, 11) is 0. The first-order valence-corrected chi connectivity index (χ1v) is 9.70. The molecular weight excluding hydrogens is 424 g/mol. The van der Waals surface area contributed by atoms with Crippen LogP contribution in [0.25, 0.3) is 11.7 Å². The Labute approximate surface area is 170 Å². The smallest absolute Gasteiger partial charge is 0.266 e. The van der Waals surface area contributed by atoms with Crippen LogP contribution in [0, 0.1) is 17.2 Å². The molecule has 0 bridgehead atoms. The molecule has 2 aromatic heterocycles. The summed E-state index contributed by atoms with van der Waals surface area (Å²) in [5.74, 6) is 1.09. The molecule has 1 aliphatic rings. The zero-order valence-corrected chi connectivity index (χ0v) is 16.5. The van der Waals surface area contributed by atoms with Gasteiger partial charge in [-0.2, -0.15) is 10.2 Å². The van der Waals surface area contributed by atoms with Gasteiger partial charge in [0, 0.05) is 23.5 Å². The van der Waals surface area contributed by atoms with Gasteiger partial charge in [0.25, 0.3) is 5.89 Å². The molecule has 142 valence electrons. The topological polar surface area (TPSA) is 95.3 Å². The predicted octanol–water partition coefficient (Wildman–Crippen LogP) is 4.42. The zero-order valence-electron chi connectivity index (χ0n) is 14.9. The fourth-order valence-electron chi connectivity index (χ4n) is 3.25. The number of para-hydroxylation sites is 1. The summed E-state index contributed by atoms with van der Waals surface area (Å²) < 4.78 is 11.9. The Kier molecular flexibility index (Phi) is 5.17. The lowest BCUT2D eigenvalue weighted by Gasteiger charge is -2.31. The van der Waals surface area contributed by atoms with Crippen LogP contribution < -0.4 is 10.2 Å². The van der Waals surface area contributed by atoms with E-state index >= 15 is 0 Å². The van der Waals surface area contributed by atoms with Crippen molar-refractivity contribution in [1.82, 2.24) is 4.98 Å². The Bertz CT molecular complexity index is 1010. The molecule has 7 nitrogen and oxygen atoms in total. The fourth-order valence-corrected chi connectivity index (χ4v) is 3.63. The number of furan rings is 1. The summed E-state index contributed by atoms with van der Waals surface area (Å²) in [6, 6.07) is 13.1. The number of hydrogen-bond donors (Lipinski definition) is 1. The lowest BCUT2D eigenvalue weighted by Crippen LogP contribution is -2.38. The molecule has 1 amide bonds. The Morgan fingerprint density at radius 2 is 2.04 bits per heavy atom. The average molecular weight is 441 g/mol. The van der Waals surface area contributed by atoms with Gasteiger partial charge in [0.05, 0.1) is 12.0 Å². The third-order valence-corrected chi connectivity index (χ3v) is 5.42. The molecule has 0 spiro atoms. The molecule has 28 heavy (non-hydrogen) atoms. The van der Waals surface area contributed by atoms with E-state index in [-0.39, 0.29) is 23.4 Å². The second kappa shape index (κ2) is 7.90. The number of piperidine rings is 1. The number of nitriles is 1. The summed E-state index contributed by atoms with van der Waals surface area (Å²) in [5, 5.41) is 12.4. The molecule has 8 heteroatoms. The van der Waals surface area contributed by atoms with Gasteiger partial charge in [-0.15, -0.1) is 0 Å². The minimum absolute atomic E-state index is 0.000834. The minimum Gasteiger partial charge on any atom is -0.459 e. The van der Waals surface area contributed by atoms with Crippen molar-refractivity contribution in [3.63, 3.8) is 0 Å². The van der Waals surface area contributed by atoms with Crippen molar-refractivity contribution in [2.45, 2.75) is 12.8 Å². The van der Waals surface area contributed by atoms with E-state index < -0.39 is 0 Å². The largest absolute Gasteiger partial charge is 0.459 e. The third-order valence-electron chi connectivity index (χ3n) is 4.73. The second-order valence-electron chi connectivity index (χ2n) is 6.49. The van der Waals surface area contributed by atoms with Crippen LogP contribution in [-0.4, -0.2) is 24.0 Å². The highest BCUT2D eigenvalue weighted by Gasteiger charge is 2.29. The molecule has 0 atom stereocenters. The van der Waals surface area contributed by atoms with E-state index in [1.54, 1.807) is 12.1 Å². The second-order valence-corrected chi connectivity index (χ2v) is 7.35. The average Bonchev–Trinajstić information content (AvgIpc) is 3.39. The van der Waals surface area contributed by atoms with Crippen LogP contribution in [0.3, 0.4) is 0 Å². The molecule has 4 rings (SSSR count). The number of nitrogens with one attached hydrogen (secondary N) is 1. The zero-order chi connectivity index (χ0) is 19.5. The quantitative estimate of drug-likeness (QED) is 0.644. The van der Waals surface area contributed by atoms with Crippen LogP contribution in [0.15, 0.2) is 56.0 Å². The van der Waals surface area contributed by atoms with E-state index in [1.165, 1.54) is 6.26 Å². The third kappa shape index (κ3) is 3.66. The molecule has 1 fully saturated rings. The molecule has 0 aliphatic carbocycles. The van der Waals surface area contributed by atoms with Gasteiger partial charge in [-0.05, 0) is 53.0 Å². The minimum atomic E-state index is -0.0960. The van der Waals surface area contributed by atoms with Crippen LogP contribution in [0.1, 0.15) is 18.5 Å². The van der Waals surface area contributed by atoms with Gasteiger partial charge < -0.3 is 19.1 Å². The summed E-state index contributed by atoms with van der Waals surface area (Å²) in [6.45, 7) is 1.21. The number of benzene rings is 1. The summed E-state index contributed by atoms with van der Waals surface area (Å²) in [5.41, 5.74) is 0.988. The Hall–Kier alpha value is -3.05. The van der Waals surface area contributed by atoms with Crippen molar-refractivity contribution in [3.8, 4) is 17.7 Å². The van der Waals surface area contributed by atoms with E-state index in [0.717, 1.165) is 10.2 Å². The van der Waals surface area contributed by atoms with Gasteiger partial charge in [0.15, 0.2) is 5.76 Å². The molecule has 1 aromatic carbocycles. The normalized spacial score (nSPS) is 14.6. The van der Waals surface area contributed by atoms with E-state index in [0.29, 0.717) is 37.6 Å². The molecule has 3 heterocycles. The molecular formula is C20H17BrN4O3. The molecule has 3 aromatic rings. The van der Waals surface area contributed by atoms with Gasteiger partial charge in [-0.3, -0.25) is 4.79 Å². The molecule has 0 unspecified atom stereocenters. The highest BCUT2D eigenvalue weighted by Crippen LogP contribution is 2.32. The summed E-state index contributed by atoms with van der Waals surface area (Å²) in [4.78, 5) is 18.8. The number of aromatic nitrogens is 1. The summed E-state index contributed by atoms with van der Waals surface area (Å²) >= 11 is 3.44. The van der Waals surface area contributed by atoms with Gasteiger partial charge in [-0.25, -0.2) is 0 Å². The van der Waals surface area contributed by atoms with Crippen molar-refractivity contribution in [3.05, 3.63) is 52.8 Å². The van der Waals surface area contributed by atoms with E-state index in [9.17, 15) is 10.1 Å². The maximum absolute atomic E-state index is 12.6. The molecule has 1 N–H and O–H groups in total. The van der Waals surface area contributed by atoms with E-state index in [1.807, 2.05) is 29.2 Å². The Morgan fingerprint density at radius 3 is 2.71 bits per heavy atom. The number of rotatable bonds is 4. The van der Waals surface area contributed by atoms with Crippen molar-refractivity contribution in [2.24, 2.45) is 5.92 Å².